The van der Waals surface area contributed by atoms with Crippen molar-refractivity contribution in [2.24, 2.45) is 11.7 Å². The van der Waals surface area contributed by atoms with Crippen molar-refractivity contribution in [2.45, 2.75) is 46.1 Å². The van der Waals surface area contributed by atoms with Gasteiger partial charge in [0.05, 0.1) is 6.04 Å². The third-order valence-corrected chi connectivity index (χ3v) is 2.00. The Balaban J connectivity index is 2.57. The molecule has 0 aliphatic heterocycles. The Bertz CT molecular complexity index is 270. The van der Waals surface area contributed by atoms with Crippen molar-refractivity contribution >= 4 is 0 Å². The topological polar surface area (TPSA) is 64.9 Å². The van der Waals surface area contributed by atoms with Crippen LogP contribution in [0.2, 0.25) is 0 Å². The number of nitrogens with two attached hydrogens (primary N) is 1. The van der Waals surface area contributed by atoms with Gasteiger partial charge in [-0.2, -0.15) is 4.98 Å². The number of aromatic nitrogens is 2. The van der Waals surface area contributed by atoms with Crippen LogP contribution in [0, 0.1) is 5.92 Å². The zero-order valence-corrected chi connectivity index (χ0v) is 9.16. The molecule has 0 fully saturated rings. The second-order valence-corrected chi connectivity index (χ2v) is 4.03. The molecule has 4 nitrogen and oxygen atoms in total. The molecule has 0 spiro atoms. The minimum atomic E-state index is -0.0932. The SMILES string of the molecule is CCCc1nc(C(N)CC(C)C)no1. The molecule has 1 aromatic heterocycles. The molecule has 1 rings (SSSR count). The molecule has 0 saturated carbocycles. The highest BCUT2D eigenvalue weighted by Crippen LogP contribution is 2.16. The number of aryl methyl sites for hydroxylation is 1. The van der Waals surface area contributed by atoms with E-state index in [1.165, 1.54) is 0 Å². The van der Waals surface area contributed by atoms with E-state index in [1.807, 2.05) is 0 Å². The van der Waals surface area contributed by atoms with Gasteiger partial charge in [-0.3, -0.25) is 0 Å². The molecule has 0 radical (unpaired) electrons. The number of nitrogens with zero attached hydrogens (tertiary/aromatic N) is 2. The summed E-state index contributed by atoms with van der Waals surface area (Å²) in [7, 11) is 0. The predicted molar refractivity (Wildman–Crippen MR) is 54.7 cm³/mol. The maximum absolute atomic E-state index is 5.92. The Labute approximate surface area is 84.9 Å². The number of hydrogen-bond donors (Lipinski definition) is 1. The molecular weight excluding hydrogens is 178 g/mol. The Hall–Kier alpha value is -0.900. The van der Waals surface area contributed by atoms with Crippen LogP contribution in [0.4, 0.5) is 0 Å². The molecule has 0 aliphatic carbocycles. The first-order chi connectivity index (χ1) is 6.63. The molecule has 0 aromatic carbocycles. The zero-order valence-electron chi connectivity index (χ0n) is 9.16. The summed E-state index contributed by atoms with van der Waals surface area (Å²) in [5.74, 6) is 1.89. The monoisotopic (exact) mass is 197 g/mol. The van der Waals surface area contributed by atoms with Gasteiger partial charge < -0.3 is 10.3 Å². The van der Waals surface area contributed by atoms with Crippen LogP contribution in [0.25, 0.3) is 0 Å². The average Bonchev–Trinajstić information content (AvgIpc) is 2.52. The van der Waals surface area contributed by atoms with E-state index >= 15 is 0 Å². The van der Waals surface area contributed by atoms with E-state index in [0.717, 1.165) is 19.3 Å². The molecule has 80 valence electrons. The lowest BCUT2D eigenvalue weighted by atomic mass is 10.0. The van der Waals surface area contributed by atoms with Crippen LogP contribution in [0.1, 0.15) is 51.4 Å². The lowest BCUT2D eigenvalue weighted by molar-refractivity contribution is 0.364. The van der Waals surface area contributed by atoms with Crippen molar-refractivity contribution < 1.29 is 4.52 Å². The molecule has 4 heteroatoms. The fraction of sp³-hybridized carbons (Fsp3) is 0.800. The van der Waals surface area contributed by atoms with Crippen molar-refractivity contribution in [2.75, 3.05) is 0 Å². The van der Waals surface area contributed by atoms with Gasteiger partial charge in [-0.1, -0.05) is 25.9 Å². The number of hydrogen-bond acceptors (Lipinski definition) is 4. The smallest absolute Gasteiger partial charge is 0.226 e. The van der Waals surface area contributed by atoms with Gasteiger partial charge >= 0.3 is 0 Å². The average molecular weight is 197 g/mol. The summed E-state index contributed by atoms with van der Waals surface area (Å²) >= 11 is 0. The molecule has 1 unspecified atom stereocenters. The lowest BCUT2D eigenvalue weighted by Gasteiger charge is -2.08. The van der Waals surface area contributed by atoms with Crippen LogP contribution < -0.4 is 5.73 Å². The molecule has 0 bridgehead atoms. The van der Waals surface area contributed by atoms with E-state index in [9.17, 15) is 0 Å². The van der Waals surface area contributed by atoms with Crippen LogP contribution in [-0.2, 0) is 6.42 Å². The van der Waals surface area contributed by atoms with Crippen molar-refractivity contribution in [1.82, 2.24) is 10.1 Å². The minimum Gasteiger partial charge on any atom is -0.339 e. The Kier molecular flexibility index (Phi) is 4.07. The summed E-state index contributed by atoms with van der Waals surface area (Å²) in [5.41, 5.74) is 5.92. The van der Waals surface area contributed by atoms with Crippen molar-refractivity contribution in [3.05, 3.63) is 11.7 Å². The van der Waals surface area contributed by atoms with Crippen molar-refractivity contribution in [3.63, 3.8) is 0 Å². The van der Waals surface area contributed by atoms with Crippen LogP contribution in [0.3, 0.4) is 0 Å². The summed E-state index contributed by atoms with van der Waals surface area (Å²) in [5, 5.41) is 3.88. The molecule has 1 heterocycles. The standard InChI is InChI=1S/C10H19N3O/c1-4-5-9-12-10(13-14-9)8(11)6-7(2)3/h7-8H,4-6,11H2,1-3H3. The molecular formula is C10H19N3O. The van der Waals surface area contributed by atoms with Crippen molar-refractivity contribution in [1.29, 1.82) is 0 Å². The van der Waals surface area contributed by atoms with E-state index in [2.05, 4.69) is 30.9 Å². The molecule has 1 atom stereocenters. The molecule has 0 saturated heterocycles. The molecule has 1 aromatic rings. The van der Waals surface area contributed by atoms with Gasteiger partial charge in [0.1, 0.15) is 0 Å². The second kappa shape index (κ2) is 5.10. The van der Waals surface area contributed by atoms with Gasteiger partial charge in [0.25, 0.3) is 0 Å². The van der Waals surface area contributed by atoms with E-state index < -0.39 is 0 Å². The first-order valence-electron chi connectivity index (χ1n) is 5.21. The van der Waals surface area contributed by atoms with Crippen molar-refractivity contribution in [3.8, 4) is 0 Å². The first-order valence-corrected chi connectivity index (χ1v) is 5.21. The van der Waals surface area contributed by atoms with E-state index in [-0.39, 0.29) is 6.04 Å². The quantitative estimate of drug-likeness (QED) is 0.784. The minimum absolute atomic E-state index is 0.0932. The Morgan fingerprint density at radius 1 is 1.43 bits per heavy atom. The lowest BCUT2D eigenvalue weighted by Crippen LogP contribution is -2.14. The van der Waals surface area contributed by atoms with Gasteiger partial charge in [-0.25, -0.2) is 0 Å². The molecule has 14 heavy (non-hydrogen) atoms. The summed E-state index contributed by atoms with van der Waals surface area (Å²) < 4.78 is 5.07. The molecule has 2 N–H and O–H groups in total. The third kappa shape index (κ3) is 3.10. The molecule has 0 aliphatic rings. The fourth-order valence-electron chi connectivity index (χ4n) is 1.35. The van der Waals surface area contributed by atoms with E-state index in [0.29, 0.717) is 17.6 Å². The highest BCUT2D eigenvalue weighted by atomic mass is 16.5. The maximum Gasteiger partial charge on any atom is 0.226 e. The van der Waals surface area contributed by atoms with Gasteiger partial charge in [0.15, 0.2) is 5.82 Å². The highest BCUT2D eigenvalue weighted by Gasteiger charge is 2.14. The Morgan fingerprint density at radius 2 is 2.14 bits per heavy atom. The summed E-state index contributed by atoms with van der Waals surface area (Å²) in [6.45, 7) is 6.34. The van der Waals surface area contributed by atoms with Crippen LogP contribution in [-0.4, -0.2) is 10.1 Å². The van der Waals surface area contributed by atoms with E-state index in [4.69, 9.17) is 10.3 Å². The normalized spacial score (nSPS) is 13.5. The van der Waals surface area contributed by atoms with E-state index in [1.54, 1.807) is 0 Å². The van der Waals surface area contributed by atoms with Crippen LogP contribution in [0.15, 0.2) is 4.52 Å². The maximum atomic E-state index is 5.92. The second-order valence-electron chi connectivity index (χ2n) is 4.03. The molecule has 0 amide bonds. The Morgan fingerprint density at radius 3 is 2.71 bits per heavy atom. The van der Waals surface area contributed by atoms with Crippen LogP contribution in [0.5, 0.6) is 0 Å². The zero-order chi connectivity index (χ0) is 10.6. The highest BCUT2D eigenvalue weighted by molar-refractivity contribution is 4.93. The summed E-state index contributed by atoms with van der Waals surface area (Å²) in [6, 6.07) is -0.0932. The summed E-state index contributed by atoms with van der Waals surface area (Å²) in [4.78, 5) is 4.25. The van der Waals surface area contributed by atoms with Crippen LogP contribution >= 0.6 is 0 Å². The first kappa shape index (κ1) is 11.2. The third-order valence-electron chi connectivity index (χ3n) is 2.00. The summed E-state index contributed by atoms with van der Waals surface area (Å²) in [6.07, 6.45) is 2.74. The largest absolute Gasteiger partial charge is 0.339 e. The van der Waals surface area contributed by atoms with Gasteiger partial charge in [-0.05, 0) is 18.8 Å². The van der Waals surface area contributed by atoms with Gasteiger partial charge in [-0.15, -0.1) is 0 Å². The predicted octanol–water partition coefficient (Wildman–Crippen LogP) is 2.07. The van der Waals surface area contributed by atoms with Gasteiger partial charge in [0.2, 0.25) is 5.89 Å². The number of rotatable bonds is 5. The van der Waals surface area contributed by atoms with Gasteiger partial charge in [0, 0.05) is 6.42 Å². The fourth-order valence-corrected chi connectivity index (χ4v) is 1.35.